The van der Waals surface area contributed by atoms with Gasteiger partial charge in [-0.1, -0.05) is 18.2 Å². The standard InChI is InChI=1S/C18H20O4/c1-14(2)22-17-10-8-15(9-11-17)18(19)21-13-12-20-16-6-4-3-5-7-16/h3-11,14H,12-13H2,1-2H3. The highest BCUT2D eigenvalue weighted by molar-refractivity contribution is 5.89. The number of hydrogen-bond donors (Lipinski definition) is 0. The van der Waals surface area contributed by atoms with Crippen molar-refractivity contribution in [2.45, 2.75) is 20.0 Å². The SMILES string of the molecule is CC(C)Oc1ccc(C(=O)OCCOc2ccccc2)cc1. The summed E-state index contributed by atoms with van der Waals surface area (Å²) in [6, 6.07) is 16.3. The lowest BCUT2D eigenvalue weighted by Gasteiger charge is -2.10. The molecule has 0 bridgehead atoms. The van der Waals surface area contributed by atoms with Crippen molar-refractivity contribution in [3.05, 3.63) is 60.2 Å². The van der Waals surface area contributed by atoms with E-state index in [-0.39, 0.29) is 18.7 Å². The molecule has 4 heteroatoms. The second-order valence-electron chi connectivity index (χ2n) is 4.99. The number of hydrogen-bond acceptors (Lipinski definition) is 4. The van der Waals surface area contributed by atoms with Gasteiger partial charge in [0.05, 0.1) is 11.7 Å². The normalized spacial score (nSPS) is 10.3. The summed E-state index contributed by atoms with van der Waals surface area (Å²) in [5.74, 6) is 1.13. The highest BCUT2D eigenvalue weighted by Gasteiger charge is 2.07. The number of ether oxygens (including phenoxy) is 3. The van der Waals surface area contributed by atoms with Crippen LogP contribution in [0.5, 0.6) is 11.5 Å². The molecule has 2 rings (SSSR count). The van der Waals surface area contributed by atoms with Crippen molar-refractivity contribution < 1.29 is 19.0 Å². The van der Waals surface area contributed by atoms with Crippen molar-refractivity contribution in [2.24, 2.45) is 0 Å². The van der Waals surface area contributed by atoms with Crippen LogP contribution in [0.25, 0.3) is 0 Å². The quantitative estimate of drug-likeness (QED) is 0.577. The van der Waals surface area contributed by atoms with E-state index in [1.165, 1.54) is 0 Å². The van der Waals surface area contributed by atoms with Crippen molar-refractivity contribution >= 4 is 5.97 Å². The topological polar surface area (TPSA) is 44.8 Å². The average Bonchev–Trinajstić information content (AvgIpc) is 2.52. The molecule has 22 heavy (non-hydrogen) atoms. The lowest BCUT2D eigenvalue weighted by Crippen LogP contribution is -2.12. The summed E-state index contributed by atoms with van der Waals surface area (Å²) >= 11 is 0. The van der Waals surface area contributed by atoms with Crippen LogP contribution in [-0.4, -0.2) is 25.3 Å². The zero-order valence-corrected chi connectivity index (χ0v) is 12.8. The fourth-order valence-corrected chi connectivity index (χ4v) is 1.84. The molecule has 0 saturated heterocycles. The van der Waals surface area contributed by atoms with Crippen LogP contribution in [0.15, 0.2) is 54.6 Å². The molecule has 0 aliphatic carbocycles. The molecular weight excluding hydrogens is 280 g/mol. The summed E-state index contributed by atoms with van der Waals surface area (Å²) in [5, 5.41) is 0. The molecule has 0 amide bonds. The van der Waals surface area contributed by atoms with Gasteiger partial charge in [0.1, 0.15) is 24.7 Å². The fourth-order valence-electron chi connectivity index (χ4n) is 1.84. The summed E-state index contributed by atoms with van der Waals surface area (Å²) in [4.78, 5) is 11.9. The predicted octanol–water partition coefficient (Wildman–Crippen LogP) is 3.71. The number of carbonyl (C=O) groups is 1. The highest BCUT2D eigenvalue weighted by Crippen LogP contribution is 2.14. The van der Waals surface area contributed by atoms with E-state index >= 15 is 0 Å². The maximum Gasteiger partial charge on any atom is 0.338 e. The van der Waals surface area contributed by atoms with Crippen molar-refractivity contribution in [2.75, 3.05) is 13.2 Å². The zero-order valence-electron chi connectivity index (χ0n) is 12.8. The lowest BCUT2D eigenvalue weighted by atomic mass is 10.2. The Bertz CT molecular complexity index is 576. The van der Waals surface area contributed by atoms with Crippen molar-refractivity contribution in [3.63, 3.8) is 0 Å². The third-order valence-electron chi connectivity index (χ3n) is 2.79. The van der Waals surface area contributed by atoms with Crippen molar-refractivity contribution in [1.29, 1.82) is 0 Å². The first-order valence-electron chi connectivity index (χ1n) is 7.27. The Balaban J connectivity index is 1.75. The number of rotatable bonds is 7. The largest absolute Gasteiger partial charge is 0.491 e. The second kappa shape index (κ2) is 8.08. The van der Waals surface area contributed by atoms with Gasteiger partial charge in [-0.15, -0.1) is 0 Å². The van der Waals surface area contributed by atoms with Crippen molar-refractivity contribution in [3.8, 4) is 11.5 Å². The van der Waals surface area contributed by atoms with Crippen LogP contribution in [0.2, 0.25) is 0 Å². The van der Waals surface area contributed by atoms with Crippen LogP contribution >= 0.6 is 0 Å². The minimum Gasteiger partial charge on any atom is -0.491 e. The molecule has 0 atom stereocenters. The average molecular weight is 300 g/mol. The van der Waals surface area contributed by atoms with Crippen LogP contribution in [0.1, 0.15) is 24.2 Å². The van der Waals surface area contributed by atoms with E-state index < -0.39 is 0 Å². The molecule has 0 unspecified atom stereocenters. The van der Waals surface area contributed by atoms with Crippen LogP contribution in [0, 0.1) is 0 Å². The lowest BCUT2D eigenvalue weighted by molar-refractivity contribution is 0.0450. The number of benzene rings is 2. The van der Waals surface area contributed by atoms with Crippen molar-refractivity contribution in [1.82, 2.24) is 0 Å². The monoisotopic (exact) mass is 300 g/mol. The highest BCUT2D eigenvalue weighted by atomic mass is 16.6. The van der Waals surface area contributed by atoms with E-state index in [9.17, 15) is 4.79 Å². The number of para-hydroxylation sites is 1. The summed E-state index contributed by atoms with van der Waals surface area (Å²) < 4.78 is 16.1. The smallest absolute Gasteiger partial charge is 0.338 e. The molecule has 0 spiro atoms. The maximum absolute atomic E-state index is 11.9. The molecule has 0 aliphatic heterocycles. The van der Waals surface area contributed by atoms with E-state index in [4.69, 9.17) is 14.2 Å². The Labute approximate surface area is 130 Å². The van der Waals surface area contributed by atoms with Crippen LogP contribution in [0.3, 0.4) is 0 Å². The third kappa shape index (κ3) is 5.13. The molecular formula is C18H20O4. The summed E-state index contributed by atoms with van der Waals surface area (Å²) in [6.07, 6.45) is 0.105. The first-order chi connectivity index (χ1) is 10.6. The summed E-state index contributed by atoms with van der Waals surface area (Å²) in [6.45, 7) is 4.44. The van der Waals surface area contributed by atoms with Crippen LogP contribution < -0.4 is 9.47 Å². The molecule has 0 saturated carbocycles. The first kappa shape index (κ1) is 15.9. The van der Waals surface area contributed by atoms with Gasteiger partial charge in [0.2, 0.25) is 0 Å². The maximum atomic E-state index is 11.9. The van der Waals surface area contributed by atoms with Gasteiger partial charge in [-0.3, -0.25) is 0 Å². The molecule has 0 aromatic heterocycles. The molecule has 0 radical (unpaired) electrons. The number of carbonyl (C=O) groups excluding carboxylic acids is 1. The van der Waals surface area contributed by atoms with Gasteiger partial charge >= 0.3 is 5.97 Å². The predicted molar refractivity (Wildman–Crippen MR) is 84.4 cm³/mol. The van der Waals surface area contributed by atoms with Gasteiger partial charge in [-0.05, 0) is 50.2 Å². The van der Waals surface area contributed by atoms with Gasteiger partial charge in [0.25, 0.3) is 0 Å². The number of esters is 1. The van der Waals surface area contributed by atoms with Crippen LogP contribution in [-0.2, 0) is 4.74 Å². The van der Waals surface area contributed by atoms with E-state index in [0.717, 1.165) is 11.5 Å². The van der Waals surface area contributed by atoms with E-state index in [2.05, 4.69) is 0 Å². The molecule has 116 valence electrons. The van der Waals surface area contributed by atoms with E-state index in [1.54, 1.807) is 24.3 Å². The summed E-state index contributed by atoms with van der Waals surface area (Å²) in [5.41, 5.74) is 0.496. The molecule has 0 N–H and O–H groups in total. The van der Waals surface area contributed by atoms with Gasteiger partial charge in [-0.2, -0.15) is 0 Å². The molecule has 2 aromatic rings. The Kier molecular flexibility index (Phi) is 5.83. The fraction of sp³-hybridized carbons (Fsp3) is 0.278. The van der Waals surface area contributed by atoms with Crippen LogP contribution in [0.4, 0.5) is 0 Å². The van der Waals surface area contributed by atoms with Gasteiger partial charge in [0.15, 0.2) is 0 Å². The molecule has 2 aromatic carbocycles. The minimum absolute atomic E-state index is 0.105. The Morgan fingerprint density at radius 3 is 2.23 bits per heavy atom. The zero-order chi connectivity index (χ0) is 15.8. The Morgan fingerprint density at radius 2 is 1.59 bits per heavy atom. The van der Waals surface area contributed by atoms with Gasteiger partial charge < -0.3 is 14.2 Å². The van der Waals surface area contributed by atoms with E-state index in [1.807, 2.05) is 44.2 Å². The van der Waals surface area contributed by atoms with Gasteiger partial charge in [0, 0.05) is 0 Å². The molecule has 4 nitrogen and oxygen atoms in total. The van der Waals surface area contributed by atoms with E-state index in [0.29, 0.717) is 12.2 Å². The second-order valence-corrected chi connectivity index (χ2v) is 4.99. The third-order valence-corrected chi connectivity index (χ3v) is 2.79. The molecule has 0 fully saturated rings. The van der Waals surface area contributed by atoms with Gasteiger partial charge in [-0.25, -0.2) is 4.79 Å². The summed E-state index contributed by atoms with van der Waals surface area (Å²) in [7, 11) is 0. The Morgan fingerprint density at radius 1 is 0.909 bits per heavy atom. The first-order valence-corrected chi connectivity index (χ1v) is 7.27. The molecule has 0 heterocycles. The minimum atomic E-state index is -0.368. The Hall–Kier alpha value is -2.49. The molecule has 0 aliphatic rings.